The number of methoxy groups -OCH3 is 1. The number of rotatable bonds is 4. The maximum absolute atomic E-state index is 13.6. The number of carbonyl (C=O) groups is 2. The van der Waals surface area contributed by atoms with Crippen molar-refractivity contribution in [2.75, 3.05) is 13.7 Å². The van der Waals surface area contributed by atoms with E-state index in [9.17, 15) is 19.8 Å². The third-order valence-corrected chi connectivity index (χ3v) is 8.54. The van der Waals surface area contributed by atoms with E-state index in [4.69, 9.17) is 9.47 Å². The Bertz CT molecular complexity index is 918. The molecule has 2 heterocycles. The Morgan fingerprint density at radius 2 is 1.94 bits per heavy atom. The van der Waals surface area contributed by atoms with E-state index in [0.717, 1.165) is 36.6 Å². The van der Waals surface area contributed by atoms with Crippen molar-refractivity contribution in [3.63, 3.8) is 0 Å². The van der Waals surface area contributed by atoms with Crippen LogP contribution in [-0.4, -0.2) is 52.5 Å². The monoisotopic (exact) mass is 507 g/mol. The molecule has 2 amide bonds. The van der Waals surface area contributed by atoms with Gasteiger partial charge in [0, 0.05) is 35.0 Å². The molecular weight excluding hydrogens is 478 g/mol. The first-order chi connectivity index (χ1) is 15.3. The summed E-state index contributed by atoms with van der Waals surface area (Å²) in [5.74, 6) is -3.77. The molecule has 2 saturated carbocycles. The van der Waals surface area contributed by atoms with Gasteiger partial charge in [0.25, 0.3) is 0 Å². The number of benzene rings is 1. The number of phenolic OH excluding ortho intramolecular Hbond substituents is 1. The lowest BCUT2D eigenvalue weighted by Crippen LogP contribution is -2.54. The molecule has 2 aliphatic heterocycles. The molecule has 0 radical (unpaired) electrons. The minimum Gasteiger partial charge on any atom is -0.508 e. The predicted octanol–water partition coefficient (Wildman–Crippen LogP) is 3.52. The van der Waals surface area contributed by atoms with Crippen molar-refractivity contribution in [1.82, 2.24) is 4.90 Å². The fourth-order valence-corrected chi connectivity index (χ4v) is 6.95. The van der Waals surface area contributed by atoms with E-state index in [1.54, 1.807) is 25.3 Å². The first-order valence-electron chi connectivity index (χ1n) is 11.6. The van der Waals surface area contributed by atoms with Gasteiger partial charge in [0.1, 0.15) is 5.75 Å². The van der Waals surface area contributed by atoms with Crippen molar-refractivity contribution in [2.45, 2.75) is 62.9 Å². The summed E-state index contributed by atoms with van der Waals surface area (Å²) in [5, 5.41) is 22.2. The number of nitrogens with zero attached hydrogens (tertiary/aromatic N) is 1. The third-order valence-electron chi connectivity index (χ3n) is 8.04. The van der Waals surface area contributed by atoms with Crippen LogP contribution in [0, 0.1) is 23.7 Å². The SMILES string of the molecule is COC[C@H]1C[C@@H]2C(=O)N(C3CCCCC3)C(=O)[C@@H]2[C@@H]2C[C@@H](c3cc(Br)ccc3O)O[C@]12O. The van der Waals surface area contributed by atoms with Crippen LogP contribution in [-0.2, 0) is 19.1 Å². The third kappa shape index (κ3) is 3.42. The number of likely N-dealkylation sites (tertiary alicyclic amines) is 1. The first-order valence-corrected chi connectivity index (χ1v) is 12.4. The van der Waals surface area contributed by atoms with Crippen molar-refractivity contribution in [3.05, 3.63) is 28.2 Å². The Labute approximate surface area is 196 Å². The Morgan fingerprint density at radius 3 is 2.66 bits per heavy atom. The van der Waals surface area contributed by atoms with Crippen LogP contribution >= 0.6 is 15.9 Å². The molecule has 6 atom stereocenters. The van der Waals surface area contributed by atoms with Gasteiger partial charge in [0.15, 0.2) is 5.79 Å². The van der Waals surface area contributed by atoms with E-state index in [1.165, 1.54) is 4.90 Å². The van der Waals surface area contributed by atoms with Crippen LogP contribution in [0.4, 0.5) is 0 Å². The minimum atomic E-state index is -1.59. The lowest BCUT2D eigenvalue weighted by Gasteiger charge is -2.44. The van der Waals surface area contributed by atoms with Gasteiger partial charge < -0.3 is 19.7 Å². The molecule has 8 heteroatoms. The van der Waals surface area contributed by atoms with Crippen molar-refractivity contribution in [1.29, 1.82) is 0 Å². The second kappa shape index (κ2) is 8.38. The van der Waals surface area contributed by atoms with Crippen LogP contribution in [0.15, 0.2) is 22.7 Å². The highest BCUT2D eigenvalue weighted by Crippen LogP contribution is 2.59. The van der Waals surface area contributed by atoms with E-state index in [2.05, 4.69) is 15.9 Å². The Morgan fingerprint density at radius 1 is 1.19 bits per heavy atom. The summed E-state index contributed by atoms with van der Waals surface area (Å²) in [6.45, 7) is 0.234. The predicted molar refractivity (Wildman–Crippen MR) is 118 cm³/mol. The molecule has 0 bridgehead atoms. The summed E-state index contributed by atoms with van der Waals surface area (Å²) >= 11 is 3.43. The summed E-state index contributed by atoms with van der Waals surface area (Å²) in [6.07, 6.45) is 5.07. The lowest BCUT2D eigenvalue weighted by atomic mass is 9.64. The van der Waals surface area contributed by atoms with Crippen molar-refractivity contribution < 1.29 is 29.3 Å². The van der Waals surface area contributed by atoms with Crippen molar-refractivity contribution in [3.8, 4) is 5.75 Å². The minimum absolute atomic E-state index is 0.0319. The molecule has 2 N–H and O–H groups in total. The summed E-state index contributed by atoms with van der Waals surface area (Å²) in [4.78, 5) is 28.6. The van der Waals surface area contributed by atoms with Gasteiger partial charge in [-0.1, -0.05) is 35.2 Å². The number of halogens is 1. The molecule has 4 aliphatic rings. The van der Waals surface area contributed by atoms with Gasteiger partial charge in [-0.2, -0.15) is 0 Å². The van der Waals surface area contributed by atoms with Crippen LogP contribution in [0.3, 0.4) is 0 Å². The van der Waals surface area contributed by atoms with Gasteiger partial charge in [-0.15, -0.1) is 0 Å². The van der Waals surface area contributed by atoms with Crippen LogP contribution in [0.2, 0.25) is 0 Å². The molecule has 0 unspecified atom stereocenters. The van der Waals surface area contributed by atoms with Crippen molar-refractivity contribution >= 4 is 27.7 Å². The molecule has 7 nitrogen and oxygen atoms in total. The number of aliphatic hydroxyl groups is 1. The second-order valence-electron chi connectivity index (χ2n) is 9.76. The number of hydrogen-bond acceptors (Lipinski definition) is 6. The Balaban J connectivity index is 1.50. The van der Waals surface area contributed by atoms with Crippen LogP contribution in [0.25, 0.3) is 0 Å². The molecule has 5 rings (SSSR count). The zero-order valence-electron chi connectivity index (χ0n) is 18.2. The Hall–Kier alpha value is -1.48. The zero-order valence-corrected chi connectivity index (χ0v) is 19.8. The fourth-order valence-electron chi connectivity index (χ4n) is 6.58. The van der Waals surface area contributed by atoms with E-state index >= 15 is 0 Å². The summed E-state index contributed by atoms with van der Waals surface area (Å²) in [5.41, 5.74) is 0.566. The number of hydrogen-bond donors (Lipinski definition) is 2. The number of amides is 2. The molecule has 0 aromatic heterocycles. The highest BCUT2D eigenvalue weighted by atomic mass is 79.9. The quantitative estimate of drug-likeness (QED) is 0.605. The van der Waals surface area contributed by atoms with E-state index < -0.39 is 35.6 Å². The fraction of sp³-hybridized carbons (Fsp3) is 0.667. The second-order valence-corrected chi connectivity index (χ2v) is 10.7. The molecule has 2 saturated heterocycles. The van der Waals surface area contributed by atoms with Gasteiger partial charge in [-0.05, 0) is 43.9 Å². The molecule has 174 valence electrons. The van der Waals surface area contributed by atoms with Gasteiger partial charge in [-0.25, -0.2) is 0 Å². The van der Waals surface area contributed by atoms with Gasteiger partial charge in [0.05, 0.1) is 24.5 Å². The largest absolute Gasteiger partial charge is 0.508 e. The molecule has 1 aromatic rings. The Kier molecular flexibility index (Phi) is 5.85. The van der Waals surface area contributed by atoms with Gasteiger partial charge in [0.2, 0.25) is 11.8 Å². The normalized spacial score (nSPS) is 37.6. The number of carbonyl (C=O) groups excluding carboxylic acids is 2. The molecular formula is C24H30BrNO6. The summed E-state index contributed by atoms with van der Waals surface area (Å²) in [7, 11) is 1.56. The average Bonchev–Trinajstić information content (AvgIpc) is 3.25. The topological polar surface area (TPSA) is 96.3 Å². The molecule has 32 heavy (non-hydrogen) atoms. The standard InChI is InChI=1S/C24H30BrNO6/c1-31-12-13-9-17-21(23(29)26(22(17)28)15-5-3-2-4-6-15)18-11-20(32-24(13,18)30)16-10-14(25)7-8-19(16)27/h7-8,10,13,15,17-18,20-21,27,30H,2-6,9,11-12H2,1H3/t13-,17+,18+,20+,21+,24-/m1/s1. The molecule has 1 aromatic carbocycles. The van der Waals surface area contributed by atoms with Crippen LogP contribution in [0.1, 0.15) is 56.6 Å². The highest BCUT2D eigenvalue weighted by molar-refractivity contribution is 9.10. The van der Waals surface area contributed by atoms with E-state index in [1.807, 2.05) is 0 Å². The number of ether oxygens (including phenoxy) is 2. The van der Waals surface area contributed by atoms with E-state index in [-0.39, 0.29) is 30.2 Å². The molecule has 4 fully saturated rings. The summed E-state index contributed by atoms with van der Waals surface area (Å²) < 4.78 is 12.4. The number of aromatic hydroxyl groups is 1. The zero-order chi connectivity index (χ0) is 22.6. The van der Waals surface area contributed by atoms with Crippen LogP contribution in [0.5, 0.6) is 5.75 Å². The van der Waals surface area contributed by atoms with Gasteiger partial charge in [-0.3, -0.25) is 14.5 Å². The number of fused-ring (bicyclic) bond motifs is 3. The summed E-state index contributed by atoms with van der Waals surface area (Å²) in [6, 6.07) is 5.06. The average molecular weight is 508 g/mol. The highest BCUT2D eigenvalue weighted by Gasteiger charge is 2.67. The van der Waals surface area contributed by atoms with Crippen molar-refractivity contribution in [2.24, 2.45) is 23.7 Å². The van der Waals surface area contributed by atoms with Crippen LogP contribution < -0.4 is 0 Å². The maximum atomic E-state index is 13.6. The number of phenols is 1. The van der Waals surface area contributed by atoms with Gasteiger partial charge >= 0.3 is 0 Å². The molecule has 2 aliphatic carbocycles. The lowest BCUT2D eigenvalue weighted by molar-refractivity contribution is -0.275. The smallest absolute Gasteiger partial charge is 0.233 e. The van der Waals surface area contributed by atoms with E-state index in [0.29, 0.717) is 18.4 Å². The number of imide groups is 1. The first kappa shape index (κ1) is 22.3. The maximum Gasteiger partial charge on any atom is 0.233 e. The molecule has 0 spiro atoms.